The quantitative estimate of drug-likeness (QED) is 0.840. The van der Waals surface area contributed by atoms with Crippen molar-refractivity contribution < 1.29 is 9.47 Å². The smallest absolute Gasteiger partial charge is 0.142 e. The van der Waals surface area contributed by atoms with Gasteiger partial charge in [-0.15, -0.1) is 0 Å². The lowest BCUT2D eigenvalue weighted by Gasteiger charge is -2.12. The largest absolute Gasteiger partial charge is 0.496 e. The fourth-order valence-corrected chi connectivity index (χ4v) is 2.60. The second-order valence-electron chi connectivity index (χ2n) is 4.17. The summed E-state index contributed by atoms with van der Waals surface area (Å²) in [6.45, 7) is 0.666. The SMILES string of the molecule is COc1ccc(CNc2cc(Cl)ccc2OC)cc1Br. The molecule has 0 spiro atoms. The lowest BCUT2D eigenvalue weighted by Crippen LogP contribution is -2.01. The summed E-state index contributed by atoms with van der Waals surface area (Å²) in [5, 5.41) is 3.99. The van der Waals surface area contributed by atoms with Gasteiger partial charge in [-0.2, -0.15) is 0 Å². The maximum Gasteiger partial charge on any atom is 0.142 e. The zero-order chi connectivity index (χ0) is 14.5. The van der Waals surface area contributed by atoms with E-state index >= 15 is 0 Å². The Morgan fingerprint density at radius 2 is 1.75 bits per heavy atom. The molecule has 0 fully saturated rings. The maximum atomic E-state index is 6.00. The number of halogens is 2. The van der Waals surface area contributed by atoms with E-state index in [1.165, 1.54) is 0 Å². The van der Waals surface area contributed by atoms with Gasteiger partial charge in [0.25, 0.3) is 0 Å². The van der Waals surface area contributed by atoms with E-state index in [1.54, 1.807) is 20.3 Å². The Bertz CT molecular complexity index is 604. The molecule has 0 atom stereocenters. The molecular weight excluding hydrogens is 342 g/mol. The van der Waals surface area contributed by atoms with Crippen LogP contribution in [0.1, 0.15) is 5.56 Å². The van der Waals surface area contributed by atoms with E-state index < -0.39 is 0 Å². The van der Waals surface area contributed by atoms with Gasteiger partial charge in [0.05, 0.1) is 24.4 Å². The van der Waals surface area contributed by atoms with Crippen LogP contribution in [-0.4, -0.2) is 14.2 Å². The molecule has 0 aromatic heterocycles. The fraction of sp³-hybridized carbons (Fsp3) is 0.200. The Morgan fingerprint density at radius 1 is 1.05 bits per heavy atom. The van der Waals surface area contributed by atoms with Crippen LogP contribution in [0.4, 0.5) is 5.69 Å². The van der Waals surface area contributed by atoms with Gasteiger partial charge in [0, 0.05) is 11.6 Å². The summed E-state index contributed by atoms with van der Waals surface area (Å²) >= 11 is 9.48. The fourth-order valence-electron chi connectivity index (χ4n) is 1.84. The van der Waals surface area contributed by atoms with E-state index in [0.29, 0.717) is 11.6 Å². The van der Waals surface area contributed by atoms with Crippen LogP contribution in [-0.2, 0) is 6.54 Å². The van der Waals surface area contributed by atoms with E-state index in [-0.39, 0.29) is 0 Å². The summed E-state index contributed by atoms with van der Waals surface area (Å²) in [6, 6.07) is 11.4. The molecule has 0 aliphatic heterocycles. The highest BCUT2D eigenvalue weighted by molar-refractivity contribution is 9.10. The molecule has 3 nitrogen and oxygen atoms in total. The van der Waals surface area contributed by atoms with Crippen LogP contribution in [0.5, 0.6) is 11.5 Å². The summed E-state index contributed by atoms with van der Waals surface area (Å²) in [5.74, 6) is 1.58. The van der Waals surface area contributed by atoms with Crippen molar-refractivity contribution in [3.05, 3.63) is 51.5 Å². The molecule has 106 valence electrons. The zero-order valence-corrected chi connectivity index (χ0v) is 13.6. The normalized spacial score (nSPS) is 10.2. The molecule has 0 aliphatic carbocycles. The van der Waals surface area contributed by atoms with Crippen molar-refractivity contribution in [1.29, 1.82) is 0 Å². The van der Waals surface area contributed by atoms with Crippen molar-refractivity contribution in [2.24, 2.45) is 0 Å². The van der Waals surface area contributed by atoms with Crippen LogP contribution in [0.25, 0.3) is 0 Å². The minimum Gasteiger partial charge on any atom is -0.496 e. The lowest BCUT2D eigenvalue weighted by molar-refractivity contribution is 0.412. The Balaban J connectivity index is 2.12. The molecule has 2 aromatic carbocycles. The number of ether oxygens (including phenoxy) is 2. The van der Waals surface area contributed by atoms with Crippen LogP contribution in [0, 0.1) is 0 Å². The molecule has 0 bridgehead atoms. The summed E-state index contributed by atoms with van der Waals surface area (Å²) in [5.41, 5.74) is 1.99. The van der Waals surface area contributed by atoms with Crippen LogP contribution in [0.3, 0.4) is 0 Å². The van der Waals surface area contributed by atoms with E-state index in [1.807, 2.05) is 30.3 Å². The first-order valence-electron chi connectivity index (χ1n) is 6.04. The minimum atomic E-state index is 0.666. The van der Waals surface area contributed by atoms with Gasteiger partial charge in [0.15, 0.2) is 0 Å². The van der Waals surface area contributed by atoms with E-state index in [9.17, 15) is 0 Å². The first-order chi connectivity index (χ1) is 9.63. The van der Waals surface area contributed by atoms with Gasteiger partial charge in [-0.3, -0.25) is 0 Å². The average Bonchev–Trinajstić information content (AvgIpc) is 2.45. The minimum absolute atomic E-state index is 0.666. The molecule has 0 unspecified atom stereocenters. The molecule has 2 aromatic rings. The van der Waals surface area contributed by atoms with Gasteiger partial charge in [-0.25, -0.2) is 0 Å². The van der Waals surface area contributed by atoms with Crippen molar-refractivity contribution in [3.8, 4) is 11.5 Å². The van der Waals surface area contributed by atoms with Gasteiger partial charge in [0.2, 0.25) is 0 Å². The van der Waals surface area contributed by atoms with Gasteiger partial charge in [0.1, 0.15) is 11.5 Å². The van der Waals surface area contributed by atoms with Crippen LogP contribution in [0.15, 0.2) is 40.9 Å². The molecule has 0 radical (unpaired) electrons. The number of hydrogen-bond donors (Lipinski definition) is 1. The summed E-state index contributed by atoms with van der Waals surface area (Å²) in [4.78, 5) is 0. The summed E-state index contributed by atoms with van der Waals surface area (Å²) in [7, 11) is 3.28. The highest BCUT2D eigenvalue weighted by Crippen LogP contribution is 2.29. The number of nitrogens with one attached hydrogen (secondary N) is 1. The van der Waals surface area contributed by atoms with Crippen molar-refractivity contribution in [3.63, 3.8) is 0 Å². The Morgan fingerprint density at radius 3 is 2.40 bits per heavy atom. The third-order valence-electron chi connectivity index (χ3n) is 2.86. The van der Waals surface area contributed by atoms with Gasteiger partial charge in [-0.05, 0) is 51.8 Å². The van der Waals surface area contributed by atoms with Gasteiger partial charge in [-0.1, -0.05) is 17.7 Å². The number of methoxy groups -OCH3 is 2. The monoisotopic (exact) mass is 355 g/mol. The van der Waals surface area contributed by atoms with Crippen LogP contribution in [0.2, 0.25) is 5.02 Å². The van der Waals surface area contributed by atoms with E-state index in [2.05, 4.69) is 21.2 Å². The Labute approximate surface area is 132 Å². The molecule has 5 heteroatoms. The van der Waals surface area contributed by atoms with E-state index in [4.69, 9.17) is 21.1 Å². The molecule has 2 rings (SSSR count). The summed E-state index contributed by atoms with van der Waals surface area (Å²) in [6.07, 6.45) is 0. The molecule has 0 saturated carbocycles. The first kappa shape index (κ1) is 15.0. The molecule has 0 saturated heterocycles. The van der Waals surface area contributed by atoms with Crippen molar-refractivity contribution in [2.75, 3.05) is 19.5 Å². The lowest BCUT2D eigenvalue weighted by atomic mass is 10.2. The maximum absolute atomic E-state index is 6.00. The van der Waals surface area contributed by atoms with Crippen molar-refractivity contribution in [1.82, 2.24) is 0 Å². The van der Waals surface area contributed by atoms with E-state index in [0.717, 1.165) is 27.2 Å². The molecule has 1 N–H and O–H groups in total. The second kappa shape index (κ2) is 6.86. The predicted octanol–water partition coefficient (Wildman–Crippen LogP) is 4.73. The van der Waals surface area contributed by atoms with Crippen molar-refractivity contribution in [2.45, 2.75) is 6.54 Å². The Hall–Kier alpha value is -1.39. The molecule has 20 heavy (non-hydrogen) atoms. The second-order valence-corrected chi connectivity index (χ2v) is 5.46. The topological polar surface area (TPSA) is 30.5 Å². The number of hydrogen-bond acceptors (Lipinski definition) is 3. The summed E-state index contributed by atoms with van der Waals surface area (Å²) < 4.78 is 11.4. The highest BCUT2D eigenvalue weighted by Gasteiger charge is 2.05. The van der Waals surface area contributed by atoms with Gasteiger partial charge >= 0.3 is 0 Å². The molecular formula is C15H15BrClNO2. The van der Waals surface area contributed by atoms with Gasteiger partial charge < -0.3 is 14.8 Å². The molecule has 0 heterocycles. The number of anilines is 1. The molecule has 0 amide bonds. The third kappa shape index (κ3) is 3.58. The molecule has 0 aliphatic rings. The predicted molar refractivity (Wildman–Crippen MR) is 86.0 cm³/mol. The Kier molecular flexibility index (Phi) is 5.15. The van der Waals surface area contributed by atoms with Crippen LogP contribution < -0.4 is 14.8 Å². The zero-order valence-electron chi connectivity index (χ0n) is 11.2. The van der Waals surface area contributed by atoms with Crippen LogP contribution >= 0.6 is 27.5 Å². The highest BCUT2D eigenvalue weighted by atomic mass is 79.9. The first-order valence-corrected chi connectivity index (χ1v) is 7.21. The standard InChI is InChI=1S/C15H15BrClNO2/c1-19-14-5-3-10(7-12(14)16)9-18-13-8-11(17)4-6-15(13)20-2/h3-8,18H,9H2,1-2H3. The van der Waals surface area contributed by atoms with Crippen molar-refractivity contribution >= 4 is 33.2 Å². The third-order valence-corrected chi connectivity index (χ3v) is 3.72. The average molecular weight is 357 g/mol. The number of rotatable bonds is 5. The number of benzene rings is 2.